The van der Waals surface area contributed by atoms with Crippen LogP contribution in [0.25, 0.3) is 0 Å². The Balaban J connectivity index is 1.26. The van der Waals surface area contributed by atoms with Crippen molar-refractivity contribution in [2.45, 2.75) is 63.6 Å². The van der Waals surface area contributed by atoms with Gasteiger partial charge in [0, 0.05) is 56.7 Å². The number of nitrogens with zero attached hydrogens (tertiary/aromatic N) is 5. The van der Waals surface area contributed by atoms with Gasteiger partial charge in [0.15, 0.2) is 11.5 Å². The van der Waals surface area contributed by atoms with Gasteiger partial charge in [-0.05, 0) is 75.9 Å². The number of piperazine rings is 1. The number of carbonyl (C=O) groups excluding carboxylic acids is 2. The smallest absolute Gasteiger partial charge is 0.271 e. The number of piperidine rings is 1. The maximum absolute atomic E-state index is 12.3. The second kappa shape index (κ2) is 13.5. The Morgan fingerprint density at radius 1 is 1.05 bits per heavy atom. The van der Waals surface area contributed by atoms with Gasteiger partial charge < -0.3 is 30.9 Å². The van der Waals surface area contributed by atoms with Gasteiger partial charge in [0.2, 0.25) is 11.8 Å². The fraction of sp³-hybridized carbons (Fsp3) is 0.548. The summed E-state index contributed by atoms with van der Waals surface area (Å²) in [6.07, 6.45) is 6.38. The molecule has 2 saturated heterocycles. The van der Waals surface area contributed by atoms with Crippen molar-refractivity contribution in [3.8, 4) is 5.88 Å². The molecule has 2 aromatic rings. The first-order valence-electron chi connectivity index (χ1n) is 15.2. The van der Waals surface area contributed by atoms with Crippen molar-refractivity contribution in [1.29, 1.82) is 0 Å². The third kappa shape index (κ3) is 7.01. The number of amides is 2. The lowest BCUT2D eigenvalue weighted by atomic mass is 10.0. The number of benzene rings is 1. The van der Waals surface area contributed by atoms with E-state index < -0.39 is 5.91 Å². The van der Waals surface area contributed by atoms with Crippen molar-refractivity contribution in [3.63, 3.8) is 0 Å². The fourth-order valence-electron chi connectivity index (χ4n) is 6.22. The van der Waals surface area contributed by atoms with Crippen LogP contribution in [0.3, 0.4) is 0 Å². The van der Waals surface area contributed by atoms with E-state index in [1.165, 1.54) is 24.6 Å². The average molecular weight is 577 g/mol. The van der Waals surface area contributed by atoms with Gasteiger partial charge >= 0.3 is 0 Å². The number of anilines is 3. The number of aryl methyl sites for hydroxylation is 1. The number of hydrogen-bond acceptors (Lipinski definition) is 9. The third-order valence-corrected chi connectivity index (χ3v) is 8.74. The van der Waals surface area contributed by atoms with Gasteiger partial charge in [-0.1, -0.05) is 13.5 Å². The Kier molecular flexibility index (Phi) is 9.58. The Bertz CT molecular complexity index is 1250. The van der Waals surface area contributed by atoms with Crippen LogP contribution in [0.4, 0.5) is 17.2 Å². The second-order valence-electron chi connectivity index (χ2n) is 11.5. The topological polar surface area (TPSA) is 129 Å². The molecule has 11 heteroatoms. The van der Waals surface area contributed by atoms with Gasteiger partial charge in [0.25, 0.3) is 5.91 Å². The average Bonchev–Trinajstić information content (AvgIpc) is 3.44. The normalized spacial score (nSPS) is 22.1. The van der Waals surface area contributed by atoms with Crippen molar-refractivity contribution in [2.75, 3.05) is 56.5 Å². The number of rotatable bonds is 10. The van der Waals surface area contributed by atoms with Crippen LogP contribution in [0.5, 0.6) is 5.88 Å². The van der Waals surface area contributed by atoms with Crippen LogP contribution >= 0.6 is 0 Å². The number of carbonyl (C=O) groups is 2. The van der Waals surface area contributed by atoms with Crippen molar-refractivity contribution < 1.29 is 14.3 Å². The Hall–Kier alpha value is -3.70. The first-order valence-corrected chi connectivity index (χ1v) is 15.2. The first-order chi connectivity index (χ1) is 20.3. The summed E-state index contributed by atoms with van der Waals surface area (Å²) >= 11 is 0. The molecule has 4 N–H and O–H groups in total. The van der Waals surface area contributed by atoms with Crippen molar-refractivity contribution in [2.24, 2.45) is 5.73 Å². The SMILES string of the molecule is C=CC(=O)N[C@@H]1CCC[C@H]1Oc1nc(Nc2ccc(N3CCC(N4CCN(C)CC4)CC3)cc2)c(C(N)=O)nc1CC. The summed E-state index contributed by atoms with van der Waals surface area (Å²) in [5.74, 6) is -0.302. The molecule has 1 aliphatic carbocycles. The zero-order valence-electron chi connectivity index (χ0n) is 24.8. The van der Waals surface area contributed by atoms with E-state index in [1.807, 2.05) is 19.1 Å². The molecule has 1 saturated carbocycles. The van der Waals surface area contributed by atoms with Crippen LogP contribution < -0.4 is 26.0 Å². The lowest BCUT2D eigenvalue weighted by Crippen LogP contribution is -2.52. The molecule has 2 amide bonds. The van der Waals surface area contributed by atoms with Crippen LogP contribution in [0.1, 0.15) is 55.2 Å². The van der Waals surface area contributed by atoms with Crippen molar-refractivity contribution in [1.82, 2.24) is 25.1 Å². The molecule has 0 radical (unpaired) electrons. The number of nitrogens with two attached hydrogens (primary N) is 1. The highest BCUT2D eigenvalue weighted by atomic mass is 16.5. The minimum atomic E-state index is -0.664. The molecule has 1 aromatic carbocycles. The number of nitrogens with one attached hydrogen (secondary N) is 2. The van der Waals surface area contributed by atoms with E-state index in [-0.39, 0.29) is 29.6 Å². The molecule has 0 unspecified atom stereocenters. The molecule has 3 fully saturated rings. The molecule has 2 atom stereocenters. The summed E-state index contributed by atoms with van der Waals surface area (Å²) in [6, 6.07) is 8.69. The molecule has 5 rings (SSSR count). The van der Waals surface area contributed by atoms with Crippen molar-refractivity contribution in [3.05, 3.63) is 48.3 Å². The quantitative estimate of drug-likeness (QED) is 0.366. The summed E-state index contributed by atoms with van der Waals surface area (Å²) in [4.78, 5) is 40.9. The van der Waals surface area contributed by atoms with Gasteiger partial charge in [0.1, 0.15) is 11.8 Å². The second-order valence-corrected chi connectivity index (χ2v) is 11.5. The molecule has 3 heterocycles. The van der Waals surface area contributed by atoms with E-state index in [0.29, 0.717) is 24.0 Å². The number of ether oxygens (including phenoxy) is 1. The molecule has 0 bridgehead atoms. The Morgan fingerprint density at radius 2 is 1.76 bits per heavy atom. The number of likely N-dealkylation sites (N-methyl/N-ethyl adjacent to an activating group) is 1. The number of hydrogen-bond donors (Lipinski definition) is 3. The Labute approximate surface area is 248 Å². The molecule has 0 spiro atoms. The summed E-state index contributed by atoms with van der Waals surface area (Å²) < 4.78 is 6.30. The predicted molar refractivity (Wildman–Crippen MR) is 164 cm³/mol. The molecule has 42 heavy (non-hydrogen) atoms. The minimum absolute atomic E-state index is 0.0668. The van der Waals surface area contributed by atoms with Gasteiger partial charge in [-0.3, -0.25) is 14.5 Å². The minimum Gasteiger partial charge on any atom is -0.471 e. The van der Waals surface area contributed by atoms with Crippen LogP contribution in [-0.4, -0.2) is 96.1 Å². The molecule has 3 aliphatic rings. The fourth-order valence-corrected chi connectivity index (χ4v) is 6.22. The van der Waals surface area contributed by atoms with E-state index in [2.05, 4.69) is 61.1 Å². The molecular formula is C31H44N8O3. The number of primary amides is 1. The lowest BCUT2D eigenvalue weighted by molar-refractivity contribution is -0.117. The van der Waals surface area contributed by atoms with Crippen LogP contribution in [0, 0.1) is 0 Å². The van der Waals surface area contributed by atoms with Gasteiger partial charge in [-0.25, -0.2) is 4.98 Å². The molecule has 2 aliphatic heterocycles. The molecule has 226 valence electrons. The van der Waals surface area contributed by atoms with Gasteiger partial charge in [-0.2, -0.15) is 4.98 Å². The zero-order valence-corrected chi connectivity index (χ0v) is 24.8. The summed E-state index contributed by atoms with van der Waals surface area (Å²) in [5.41, 5.74) is 8.26. The predicted octanol–water partition coefficient (Wildman–Crippen LogP) is 2.70. The van der Waals surface area contributed by atoms with E-state index in [9.17, 15) is 9.59 Å². The van der Waals surface area contributed by atoms with E-state index in [1.54, 1.807) is 0 Å². The monoisotopic (exact) mass is 576 g/mol. The van der Waals surface area contributed by atoms with Crippen molar-refractivity contribution >= 4 is 29.0 Å². The standard InChI is InChI=1S/C31H44N8O3/c1-4-24-31(42-26-8-6-7-25(26)34-27(40)5-2)36-30(28(35-24)29(32)41)33-21-9-11-22(12-10-21)38-15-13-23(14-16-38)39-19-17-37(3)18-20-39/h5,9-12,23,25-26H,2,4,6-8,13-20H2,1,3H3,(H2,32,41)(H,33,36)(H,34,40)/t25-,26-/m1/s1. The highest BCUT2D eigenvalue weighted by molar-refractivity contribution is 5.96. The molecule has 1 aromatic heterocycles. The maximum Gasteiger partial charge on any atom is 0.271 e. The highest BCUT2D eigenvalue weighted by Gasteiger charge is 2.32. The van der Waals surface area contributed by atoms with E-state index in [0.717, 1.165) is 64.2 Å². The van der Waals surface area contributed by atoms with Crippen LogP contribution in [0.2, 0.25) is 0 Å². The summed E-state index contributed by atoms with van der Waals surface area (Å²) in [7, 11) is 2.20. The van der Waals surface area contributed by atoms with Gasteiger partial charge in [-0.15, -0.1) is 0 Å². The Morgan fingerprint density at radius 3 is 2.40 bits per heavy atom. The lowest BCUT2D eigenvalue weighted by Gasteiger charge is -2.42. The summed E-state index contributed by atoms with van der Waals surface area (Å²) in [6.45, 7) is 12.2. The maximum atomic E-state index is 12.3. The van der Waals surface area contributed by atoms with E-state index in [4.69, 9.17) is 10.5 Å². The zero-order chi connectivity index (χ0) is 29.6. The molecular weight excluding hydrogens is 532 g/mol. The molecule has 11 nitrogen and oxygen atoms in total. The third-order valence-electron chi connectivity index (χ3n) is 8.74. The highest BCUT2D eigenvalue weighted by Crippen LogP contribution is 2.30. The number of aromatic nitrogens is 2. The van der Waals surface area contributed by atoms with Gasteiger partial charge in [0.05, 0.1) is 6.04 Å². The largest absolute Gasteiger partial charge is 0.471 e. The summed E-state index contributed by atoms with van der Waals surface area (Å²) in [5, 5.41) is 6.19. The van der Waals surface area contributed by atoms with Crippen LogP contribution in [-0.2, 0) is 11.2 Å². The first kappa shape index (κ1) is 29.8. The van der Waals surface area contributed by atoms with Crippen LogP contribution in [0.15, 0.2) is 36.9 Å². The van der Waals surface area contributed by atoms with E-state index >= 15 is 0 Å².